The van der Waals surface area contributed by atoms with Crippen molar-refractivity contribution in [2.75, 3.05) is 0 Å². The summed E-state index contributed by atoms with van der Waals surface area (Å²) < 4.78 is 0. The average Bonchev–Trinajstić information content (AvgIpc) is 3.21. The largest absolute Gasteiger partial charge is 0.393 e. The minimum atomic E-state index is -1.11. The molecule has 0 radical (unpaired) electrons. The SMILES string of the molecule is C[C@H]([C@@H](O)[C@H](O)c1ccc([N+](=O)[O-])cc1)[C@H]1CC[C@H]2[C@@H]3CC(=O)[C@H]4C[C@H](O)CC[C@]4(C)[C@H]3CC[C@]12C. The molecule has 5 rings (SSSR count). The van der Waals surface area contributed by atoms with Gasteiger partial charge in [0.15, 0.2) is 0 Å². The van der Waals surface area contributed by atoms with Gasteiger partial charge < -0.3 is 15.3 Å². The summed E-state index contributed by atoms with van der Waals surface area (Å²) in [7, 11) is 0. The number of hydrogen-bond acceptors (Lipinski definition) is 6. The first-order chi connectivity index (χ1) is 17.0. The van der Waals surface area contributed by atoms with E-state index in [4.69, 9.17) is 0 Å². The Bertz CT molecular complexity index is 1010. The van der Waals surface area contributed by atoms with Crippen molar-refractivity contribution in [1.29, 1.82) is 0 Å². The van der Waals surface area contributed by atoms with Gasteiger partial charge in [-0.3, -0.25) is 14.9 Å². The fourth-order valence-corrected chi connectivity index (χ4v) is 9.44. The van der Waals surface area contributed by atoms with Gasteiger partial charge in [0, 0.05) is 24.5 Å². The Labute approximate surface area is 213 Å². The summed E-state index contributed by atoms with van der Waals surface area (Å²) >= 11 is 0. The van der Waals surface area contributed by atoms with Gasteiger partial charge >= 0.3 is 0 Å². The number of rotatable bonds is 5. The summed E-state index contributed by atoms with van der Waals surface area (Å²) in [5.74, 6) is 1.72. The number of benzene rings is 1. The Kier molecular flexibility index (Phi) is 6.58. The van der Waals surface area contributed by atoms with Crippen LogP contribution in [0.15, 0.2) is 24.3 Å². The Morgan fingerprint density at radius 3 is 2.31 bits per heavy atom. The Morgan fingerprint density at radius 2 is 1.64 bits per heavy atom. The van der Waals surface area contributed by atoms with Crippen LogP contribution in [0.4, 0.5) is 5.69 Å². The maximum Gasteiger partial charge on any atom is 0.269 e. The first kappa shape index (κ1) is 25.8. The van der Waals surface area contributed by atoms with E-state index in [2.05, 4.69) is 13.8 Å². The van der Waals surface area contributed by atoms with Gasteiger partial charge in [0.2, 0.25) is 0 Å². The van der Waals surface area contributed by atoms with Crippen LogP contribution >= 0.6 is 0 Å². The molecule has 0 saturated heterocycles. The van der Waals surface area contributed by atoms with Crippen molar-refractivity contribution in [3.63, 3.8) is 0 Å². The molecule has 0 amide bonds. The van der Waals surface area contributed by atoms with Gasteiger partial charge in [0.05, 0.1) is 17.1 Å². The van der Waals surface area contributed by atoms with Crippen LogP contribution in [0.5, 0.6) is 0 Å². The summed E-state index contributed by atoms with van der Waals surface area (Å²) in [6.45, 7) is 6.67. The molecule has 7 heteroatoms. The molecule has 0 spiro atoms. The lowest BCUT2D eigenvalue weighted by molar-refractivity contribution is -0.384. The number of nitrogens with zero attached hydrogens (tertiary/aromatic N) is 1. The lowest BCUT2D eigenvalue weighted by atomic mass is 9.44. The normalized spacial score (nSPS) is 42.6. The fraction of sp³-hybridized carbons (Fsp3) is 0.759. The number of aliphatic hydroxyl groups is 3. The van der Waals surface area contributed by atoms with E-state index in [-0.39, 0.29) is 40.4 Å². The molecule has 4 aliphatic carbocycles. The number of fused-ring (bicyclic) bond motifs is 5. The van der Waals surface area contributed by atoms with Crippen LogP contribution in [0.2, 0.25) is 0 Å². The second kappa shape index (κ2) is 9.17. The molecular weight excluding hydrogens is 458 g/mol. The summed E-state index contributed by atoms with van der Waals surface area (Å²) in [5.41, 5.74) is 0.436. The van der Waals surface area contributed by atoms with Crippen LogP contribution in [0, 0.1) is 56.5 Å². The predicted octanol–water partition coefficient (Wildman–Crippen LogP) is 4.82. The van der Waals surface area contributed by atoms with E-state index < -0.39 is 17.1 Å². The molecule has 3 N–H and O–H groups in total. The molecule has 1 aromatic carbocycles. The standard InChI is InChI=1S/C29H41NO6/c1-16(26(33)27(34)17-4-6-18(7-5-17)30(35)36)21-8-9-22-20-15-25(32)24-14-19(31)10-12-29(24,3)23(20)11-13-28(21,22)2/h4-7,16,19-24,26-27,31,33-34H,8-15H2,1-3H3/t16-,19+,20-,21+,22-,23-,24+,26+,27+,28+,29+/m0/s1. The van der Waals surface area contributed by atoms with E-state index in [1.54, 1.807) is 0 Å². The van der Waals surface area contributed by atoms with Gasteiger partial charge in [-0.25, -0.2) is 0 Å². The molecule has 0 bridgehead atoms. The van der Waals surface area contributed by atoms with Gasteiger partial charge in [0.25, 0.3) is 5.69 Å². The number of carbonyl (C=O) groups is 1. The van der Waals surface area contributed by atoms with Crippen molar-refractivity contribution in [3.05, 3.63) is 39.9 Å². The maximum absolute atomic E-state index is 13.3. The number of Topliss-reactive ketones (excluding diaryl/α,β-unsaturated/α-hetero) is 1. The highest BCUT2D eigenvalue weighted by molar-refractivity contribution is 5.83. The molecule has 0 aliphatic heterocycles. The zero-order valence-corrected chi connectivity index (χ0v) is 21.7. The summed E-state index contributed by atoms with van der Waals surface area (Å²) in [6.07, 6.45) is 4.69. The van der Waals surface area contributed by atoms with Crippen LogP contribution in [0.25, 0.3) is 0 Å². The van der Waals surface area contributed by atoms with Gasteiger partial charge in [0.1, 0.15) is 11.9 Å². The monoisotopic (exact) mass is 499 g/mol. The Hall–Kier alpha value is -1.83. The quantitative estimate of drug-likeness (QED) is 0.394. The van der Waals surface area contributed by atoms with E-state index in [1.807, 2.05) is 6.92 Å². The second-order valence-corrected chi connectivity index (χ2v) is 12.9. The molecule has 1 aromatic rings. The number of aliphatic hydroxyl groups excluding tert-OH is 3. The number of carbonyl (C=O) groups excluding carboxylic acids is 1. The third-order valence-corrected chi connectivity index (χ3v) is 11.4. The van der Waals surface area contributed by atoms with Gasteiger partial charge in [-0.1, -0.05) is 20.8 Å². The number of nitro groups is 1. The fourth-order valence-electron chi connectivity index (χ4n) is 9.44. The topological polar surface area (TPSA) is 121 Å². The minimum Gasteiger partial charge on any atom is -0.393 e. The van der Waals surface area contributed by atoms with E-state index in [9.17, 15) is 30.2 Å². The number of ketones is 1. The molecule has 0 unspecified atom stereocenters. The van der Waals surface area contributed by atoms with Crippen LogP contribution in [-0.2, 0) is 4.79 Å². The molecule has 0 aromatic heterocycles. The van der Waals surface area contributed by atoms with E-state index in [0.717, 1.165) is 38.5 Å². The van der Waals surface area contributed by atoms with Gasteiger partial charge in [-0.2, -0.15) is 0 Å². The van der Waals surface area contributed by atoms with Crippen LogP contribution < -0.4 is 0 Å². The van der Waals surface area contributed by atoms with Crippen molar-refractivity contribution in [1.82, 2.24) is 0 Å². The Morgan fingerprint density at radius 1 is 1.00 bits per heavy atom. The molecule has 0 heterocycles. The summed E-state index contributed by atoms with van der Waals surface area (Å²) in [5, 5.41) is 43.4. The van der Waals surface area contributed by atoms with Crippen molar-refractivity contribution in [3.8, 4) is 0 Å². The van der Waals surface area contributed by atoms with Crippen molar-refractivity contribution < 1.29 is 25.0 Å². The zero-order chi connectivity index (χ0) is 26.0. The summed E-state index contributed by atoms with van der Waals surface area (Å²) in [4.78, 5) is 23.8. The molecule has 4 fully saturated rings. The average molecular weight is 500 g/mol. The van der Waals surface area contributed by atoms with Gasteiger partial charge in [-0.15, -0.1) is 0 Å². The molecule has 198 valence electrons. The van der Waals surface area contributed by atoms with E-state index in [0.29, 0.717) is 41.9 Å². The maximum atomic E-state index is 13.3. The summed E-state index contributed by atoms with van der Waals surface area (Å²) in [6, 6.07) is 5.77. The highest BCUT2D eigenvalue weighted by Gasteiger charge is 2.62. The lowest BCUT2D eigenvalue weighted by Gasteiger charge is -2.60. The molecule has 4 saturated carbocycles. The van der Waals surface area contributed by atoms with E-state index >= 15 is 0 Å². The smallest absolute Gasteiger partial charge is 0.269 e. The number of hydrogen-bond donors (Lipinski definition) is 3. The zero-order valence-electron chi connectivity index (χ0n) is 21.7. The molecule has 7 nitrogen and oxygen atoms in total. The van der Waals surface area contributed by atoms with Crippen molar-refractivity contribution >= 4 is 11.5 Å². The van der Waals surface area contributed by atoms with Crippen LogP contribution in [-0.4, -0.2) is 38.2 Å². The molecular formula is C29H41NO6. The Balaban J connectivity index is 1.34. The van der Waals surface area contributed by atoms with Gasteiger partial charge in [-0.05, 0) is 103 Å². The third-order valence-electron chi connectivity index (χ3n) is 11.4. The number of non-ortho nitro benzene ring substituents is 1. The van der Waals surface area contributed by atoms with E-state index in [1.165, 1.54) is 24.3 Å². The molecule has 11 atom stereocenters. The van der Waals surface area contributed by atoms with Crippen LogP contribution in [0.1, 0.15) is 83.8 Å². The highest BCUT2D eigenvalue weighted by Crippen LogP contribution is 2.68. The second-order valence-electron chi connectivity index (χ2n) is 12.9. The first-order valence-electron chi connectivity index (χ1n) is 13.8. The first-order valence-corrected chi connectivity index (χ1v) is 13.8. The van der Waals surface area contributed by atoms with Crippen molar-refractivity contribution in [2.45, 2.75) is 90.4 Å². The molecule has 4 aliphatic rings. The van der Waals surface area contributed by atoms with Crippen LogP contribution in [0.3, 0.4) is 0 Å². The number of nitro benzene ring substituents is 1. The molecule has 36 heavy (non-hydrogen) atoms. The van der Waals surface area contributed by atoms with Crippen molar-refractivity contribution in [2.24, 2.45) is 46.3 Å². The third kappa shape index (κ3) is 3.93. The lowest BCUT2D eigenvalue weighted by Crippen LogP contribution is -2.57. The minimum absolute atomic E-state index is 0.00835. The highest BCUT2D eigenvalue weighted by atomic mass is 16.6. The predicted molar refractivity (Wildman–Crippen MR) is 135 cm³/mol.